The maximum absolute atomic E-state index is 11.3. The van der Waals surface area contributed by atoms with Gasteiger partial charge in [0, 0.05) is 13.1 Å². The molecule has 5 heteroatoms. The van der Waals surface area contributed by atoms with Crippen LogP contribution in [0.3, 0.4) is 0 Å². The molecule has 1 saturated heterocycles. The van der Waals surface area contributed by atoms with Gasteiger partial charge in [0.25, 0.3) is 0 Å². The van der Waals surface area contributed by atoms with Crippen molar-refractivity contribution >= 4 is 10.0 Å². The zero-order valence-corrected chi connectivity index (χ0v) is 7.63. The van der Waals surface area contributed by atoms with Gasteiger partial charge < -0.3 is 5.11 Å². The average molecular weight is 191 g/mol. The van der Waals surface area contributed by atoms with Gasteiger partial charge in [0.15, 0.2) is 0 Å². The number of aliphatic hydroxyl groups is 1. The number of nitrogens with zero attached hydrogens (tertiary/aromatic N) is 1. The molecule has 1 aliphatic heterocycles. The van der Waals surface area contributed by atoms with Gasteiger partial charge in [0.05, 0.1) is 11.9 Å². The minimum atomic E-state index is -3.19. The predicted molar refractivity (Wildman–Crippen MR) is 46.2 cm³/mol. The summed E-state index contributed by atoms with van der Waals surface area (Å²) in [5.74, 6) is -0.0419. The SMILES string of the molecule is C=CCS(=O)(=O)N1CC[C@@H](O)C1. The van der Waals surface area contributed by atoms with Gasteiger partial charge in [0.1, 0.15) is 0 Å². The molecule has 1 N–H and O–H groups in total. The zero-order chi connectivity index (χ0) is 9.19. The van der Waals surface area contributed by atoms with Crippen LogP contribution < -0.4 is 0 Å². The summed E-state index contributed by atoms with van der Waals surface area (Å²) in [6.45, 7) is 4.03. The second-order valence-corrected chi connectivity index (χ2v) is 4.88. The highest BCUT2D eigenvalue weighted by Crippen LogP contribution is 2.13. The van der Waals surface area contributed by atoms with Crippen molar-refractivity contribution in [1.29, 1.82) is 0 Å². The van der Waals surface area contributed by atoms with Crippen LogP contribution in [0, 0.1) is 0 Å². The van der Waals surface area contributed by atoms with E-state index < -0.39 is 16.1 Å². The van der Waals surface area contributed by atoms with Crippen LogP contribution in [0.4, 0.5) is 0 Å². The van der Waals surface area contributed by atoms with Gasteiger partial charge >= 0.3 is 0 Å². The smallest absolute Gasteiger partial charge is 0.217 e. The fourth-order valence-electron chi connectivity index (χ4n) is 1.22. The van der Waals surface area contributed by atoms with Crippen LogP contribution in [0.1, 0.15) is 6.42 Å². The molecule has 1 atom stereocenters. The van der Waals surface area contributed by atoms with Crippen molar-refractivity contribution in [1.82, 2.24) is 4.31 Å². The molecule has 12 heavy (non-hydrogen) atoms. The van der Waals surface area contributed by atoms with Crippen LogP contribution in [0.2, 0.25) is 0 Å². The summed E-state index contributed by atoms with van der Waals surface area (Å²) in [4.78, 5) is 0. The van der Waals surface area contributed by atoms with Crippen molar-refractivity contribution < 1.29 is 13.5 Å². The fraction of sp³-hybridized carbons (Fsp3) is 0.714. The molecule has 70 valence electrons. The van der Waals surface area contributed by atoms with Gasteiger partial charge in [-0.3, -0.25) is 0 Å². The first-order valence-corrected chi connectivity index (χ1v) is 5.44. The van der Waals surface area contributed by atoms with Gasteiger partial charge in [-0.15, -0.1) is 6.58 Å². The highest BCUT2D eigenvalue weighted by Gasteiger charge is 2.28. The number of aliphatic hydroxyl groups excluding tert-OH is 1. The van der Waals surface area contributed by atoms with E-state index in [-0.39, 0.29) is 12.3 Å². The fourth-order valence-corrected chi connectivity index (χ4v) is 2.51. The molecule has 4 nitrogen and oxygen atoms in total. The minimum absolute atomic E-state index is 0.0419. The third-order valence-corrected chi connectivity index (χ3v) is 3.62. The Morgan fingerprint density at radius 2 is 2.33 bits per heavy atom. The van der Waals surface area contributed by atoms with Crippen molar-refractivity contribution in [2.45, 2.75) is 12.5 Å². The van der Waals surface area contributed by atoms with Gasteiger partial charge in [-0.2, -0.15) is 4.31 Å². The van der Waals surface area contributed by atoms with Gasteiger partial charge in [-0.05, 0) is 6.42 Å². The van der Waals surface area contributed by atoms with Crippen molar-refractivity contribution in [2.75, 3.05) is 18.8 Å². The summed E-state index contributed by atoms with van der Waals surface area (Å²) >= 11 is 0. The number of β-amino-alcohol motifs (C(OH)–C–C–N with tert-alkyl or cyclic N) is 1. The molecule has 1 aliphatic rings. The molecular formula is C7H13NO3S. The van der Waals surface area contributed by atoms with Gasteiger partial charge in [-0.1, -0.05) is 6.08 Å². The standard InChI is InChI=1S/C7H13NO3S/c1-2-5-12(10,11)8-4-3-7(9)6-8/h2,7,9H,1,3-6H2/t7-/m1/s1. The van der Waals surface area contributed by atoms with Crippen LogP contribution >= 0.6 is 0 Å². The topological polar surface area (TPSA) is 57.6 Å². The Hall–Kier alpha value is -0.390. The molecule has 0 bridgehead atoms. The van der Waals surface area contributed by atoms with E-state index in [1.165, 1.54) is 10.4 Å². The van der Waals surface area contributed by atoms with Gasteiger partial charge in [-0.25, -0.2) is 8.42 Å². The first-order valence-electron chi connectivity index (χ1n) is 3.83. The lowest BCUT2D eigenvalue weighted by Crippen LogP contribution is -2.31. The maximum Gasteiger partial charge on any atom is 0.217 e. The average Bonchev–Trinajstić information content (AvgIpc) is 2.36. The molecule has 0 radical (unpaired) electrons. The lowest BCUT2D eigenvalue weighted by molar-refractivity contribution is 0.189. The Balaban J connectivity index is 2.64. The first-order chi connectivity index (χ1) is 5.56. The van der Waals surface area contributed by atoms with E-state index in [2.05, 4.69) is 6.58 Å². The number of sulfonamides is 1. The summed E-state index contributed by atoms with van der Waals surface area (Å²) in [6, 6.07) is 0. The number of hydrogen-bond acceptors (Lipinski definition) is 3. The Morgan fingerprint density at radius 1 is 1.67 bits per heavy atom. The Kier molecular flexibility index (Phi) is 2.87. The highest BCUT2D eigenvalue weighted by atomic mass is 32.2. The molecule has 0 amide bonds. The molecule has 0 spiro atoms. The summed E-state index contributed by atoms with van der Waals surface area (Å²) in [5, 5.41) is 9.10. The van der Waals surface area contributed by atoms with E-state index in [1.807, 2.05) is 0 Å². The molecule has 1 rings (SSSR count). The summed E-state index contributed by atoms with van der Waals surface area (Å²) in [7, 11) is -3.19. The number of rotatable bonds is 3. The summed E-state index contributed by atoms with van der Waals surface area (Å²) < 4.78 is 23.9. The van der Waals surface area contributed by atoms with E-state index >= 15 is 0 Å². The second-order valence-electron chi connectivity index (χ2n) is 2.87. The van der Waals surface area contributed by atoms with Crippen LogP contribution in [-0.2, 0) is 10.0 Å². The first kappa shape index (κ1) is 9.70. The molecule has 1 fully saturated rings. The van der Waals surface area contributed by atoms with Crippen molar-refractivity contribution in [3.05, 3.63) is 12.7 Å². The van der Waals surface area contributed by atoms with E-state index in [1.54, 1.807) is 0 Å². The Morgan fingerprint density at radius 3 is 2.75 bits per heavy atom. The molecule has 0 unspecified atom stereocenters. The third-order valence-electron chi connectivity index (χ3n) is 1.85. The largest absolute Gasteiger partial charge is 0.392 e. The Bertz CT molecular complexity index is 260. The van der Waals surface area contributed by atoms with Crippen LogP contribution in [0.25, 0.3) is 0 Å². The van der Waals surface area contributed by atoms with E-state index in [4.69, 9.17) is 5.11 Å². The Labute approximate surface area is 72.5 Å². The van der Waals surface area contributed by atoms with Gasteiger partial charge in [0.2, 0.25) is 10.0 Å². The molecular weight excluding hydrogens is 178 g/mol. The van der Waals surface area contributed by atoms with Crippen LogP contribution in [0.5, 0.6) is 0 Å². The molecule has 0 aromatic rings. The molecule has 0 aliphatic carbocycles. The van der Waals surface area contributed by atoms with E-state index in [0.29, 0.717) is 13.0 Å². The maximum atomic E-state index is 11.3. The minimum Gasteiger partial charge on any atom is -0.392 e. The molecule has 1 heterocycles. The lowest BCUT2D eigenvalue weighted by Gasteiger charge is -2.13. The highest BCUT2D eigenvalue weighted by molar-refractivity contribution is 7.89. The van der Waals surface area contributed by atoms with Crippen molar-refractivity contribution in [2.24, 2.45) is 0 Å². The summed E-state index contributed by atoms with van der Waals surface area (Å²) in [5.41, 5.74) is 0. The molecule has 0 aromatic carbocycles. The van der Waals surface area contributed by atoms with Crippen LogP contribution in [-0.4, -0.2) is 42.8 Å². The van der Waals surface area contributed by atoms with E-state index in [9.17, 15) is 8.42 Å². The summed E-state index contributed by atoms with van der Waals surface area (Å²) in [6.07, 6.45) is 1.40. The third kappa shape index (κ3) is 2.06. The zero-order valence-electron chi connectivity index (χ0n) is 6.81. The number of hydrogen-bond donors (Lipinski definition) is 1. The van der Waals surface area contributed by atoms with E-state index in [0.717, 1.165) is 0 Å². The van der Waals surface area contributed by atoms with Crippen molar-refractivity contribution in [3.8, 4) is 0 Å². The quantitative estimate of drug-likeness (QED) is 0.616. The molecule has 0 aromatic heterocycles. The lowest BCUT2D eigenvalue weighted by atomic mass is 10.3. The molecule has 0 saturated carbocycles. The monoisotopic (exact) mass is 191 g/mol. The normalized spacial score (nSPS) is 25.9. The predicted octanol–water partition coefficient (Wildman–Crippen LogP) is -0.431. The van der Waals surface area contributed by atoms with Crippen LogP contribution in [0.15, 0.2) is 12.7 Å². The second kappa shape index (κ2) is 3.55. The van der Waals surface area contributed by atoms with Crippen molar-refractivity contribution in [3.63, 3.8) is 0 Å².